The summed E-state index contributed by atoms with van der Waals surface area (Å²) in [5.41, 5.74) is 9.06. The van der Waals surface area contributed by atoms with Crippen LogP contribution in [0.4, 0.5) is 10.5 Å². The van der Waals surface area contributed by atoms with Gasteiger partial charge in [-0.05, 0) is 69.0 Å². The topological polar surface area (TPSA) is 402 Å². The number of ether oxygens (including phenoxy) is 26. The number of sulfonamides is 1. The van der Waals surface area contributed by atoms with E-state index in [1.807, 2.05) is 52.0 Å². The van der Waals surface area contributed by atoms with Gasteiger partial charge in [0.1, 0.15) is 18.0 Å². The summed E-state index contributed by atoms with van der Waals surface area (Å²) in [4.78, 5) is 44.4. The lowest BCUT2D eigenvalue weighted by Gasteiger charge is -2.36. The van der Waals surface area contributed by atoms with Gasteiger partial charge in [0.25, 0.3) is 0 Å². The van der Waals surface area contributed by atoms with Gasteiger partial charge in [-0.2, -0.15) is 4.31 Å². The van der Waals surface area contributed by atoms with Crippen molar-refractivity contribution >= 4 is 45.6 Å². The van der Waals surface area contributed by atoms with Crippen molar-refractivity contribution in [2.24, 2.45) is 16.6 Å². The number of nitrogens with zero attached hydrogens (tertiary/aromatic N) is 3. The van der Waals surface area contributed by atoms with Crippen LogP contribution in [-0.4, -0.2) is 415 Å². The molecule has 0 unspecified atom stereocenters. The molecule has 0 spiro atoms. The number of aliphatic hydroxyl groups is 1. The average molecular weight is 1760 g/mol. The Kier molecular flexibility index (Phi) is 67.0. The van der Waals surface area contributed by atoms with Gasteiger partial charge in [0.15, 0.2) is 0 Å². The molecule has 0 radical (unpaired) electrons. The van der Waals surface area contributed by atoms with Crippen LogP contribution in [0.15, 0.2) is 57.9 Å². The third kappa shape index (κ3) is 59.4. The van der Waals surface area contributed by atoms with Crippen molar-refractivity contribution in [3.63, 3.8) is 0 Å². The summed E-state index contributed by atoms with van der Waals surface area (Å²) >= 11 is 0. The fourth-order valence-electron chi connectivity index (χ4n) is 10.7. The highest BCUT2D eigenvalue weighted by Crippen LogP contribution is 2.34. The molecular weight excluding hydrogens is 1610 g/mol. The van der Waals surface area contributed by atoms with E-state index in [1.54, 1.807) is 29.2 Å². The highest BCUT2D eigenvalue weighted by molar-refractivity contribution is 7.89. The quantitative estimate of drug-likeness (QED) is 0.0616. The van der Waals surface area contributed by atoms with Crippen LogP contribution in [0, 0.1) is 5.92 Å². The minimum atomic E-state index is -3.71. The number of amides is 2. The average Bonchev–Trinajstić information content (AvgIpc) is 1.12. The van der Waals surface area contributed by atoms with Crippen molar-refractivity contribution in [3.8, 4) is 11.1 Å². The summed E-state index contributed by atoms with van der Waals surface area (Å²) < 4.78 is 171. The molecule has 37 nitrogen and oxygen atoms in total. The minimum absolute atomic E-state index is 0.0513. The van der Waals surface area contributed by atoms with Gasteiger partial charge >= 0.3 is 12.1 Å². The molecule has 1 saturated heterocycles. The first-order valence-electron chi connectivity index (χ1n) is 42.4. The zero-order valence-corrected chi connectivity index (χ0v) is 73.2. The van der Waals surface area contributed by atoms with Gasteiger partial charge < -0.3 is 144 Å². The molecular formula is C83H143N5O32S. The molecule has 2 heterocycles. The van der Waals surface area contributed by atoms with Gasteiger partial charge in [0.05, 0.1) is 334 Å². The van der Waals surface area contributed by atoms with Crippen molar-refractivity contribution in [1.82, 2.24) is 14.5 Å². The molecule has 4 N–H and O–H groups in total. The molecule has 2 aromatic rings. The highest BCUT2D eigenvalue weighted by atomic mass is 32.2. The monoisotopic (exact) mass is 1750 g/mol. The first-order valence-corrected chi connectivity index (χ1v) is 43.8. The number of carbonyl (C=O) groups excluding carboxylic acids is 3. The Hall–Kier alpha value is -5.23. The van der Waals surface area contributed by atoms with E-state index >= 15 is 0 Å². The Morgan fingerprint density at radius 1 is 0.455 bits per heavy atom. The van der Waals surface area contributed by atoms with Crippen LogP contribution in [0.3, 0.4) is 0 Å². The van der Waals surface area contributed by atoms with Gasteiger partial charge in [0, 0.05) is 62.8 Å². The first-order chi connectivity index (χ1) is 59.2. The summed E-state index contributed by atoms with van der Waals surface area (Å²) in [6, 6.07) is 12.3. The third-order valence-corrected chi connectivity index (χ3v) is 18.6. The summed E-state index contributed by atoms with van der Waals surface area (Å²) in [6.45, 7) is 30.6. The summed E-state index contributed by atoms with van der Waals surface area (Å²) in [6.07, 6.45) is 2.81. The number of esters is 1. The van der Waals surface area contributed by atoms with Gasteiger partial charge in [-0.15, -0.1) is 0 Å². The number of benzene rings is 2. The number of carbonyl (C=O) groups is 3. The Bertz CT molecular complexity index is 3030. The molecule has 0 atom stereocenters. The molecule has 698 valence electrons. The second-order valence-electron chi connectivity index (χ2n) is 27.9. The maximum absolute atomic E-state index is 13.9. The molecule has 0 aliphatic carbocycles. The zero-order valence-electron chi connectivity index (χ0n) is 72.3. The molecule has 2 aliphatic heterocycles. The number of nitrogens with one attached hydrogen (secondary N) is 1. The Labute approximate surface area is 716 Å². The fraction of sp³-hybridized carbons (Fsp3) is 0.783. The lowest BCUT2D eigenvalue weighted by atomic mass is 10.0. The van der Waals surface area contributed by atoms with Gasteiger partial charge in [-0.3, -0.25) is 9.59 Å². The van der Waals surface area contributed by atoms with E-state index in [0.717, 1.165) is 12.0 Å². The largest absolute Gasteiger partial charge is 0.460 e. The van der Waals surface area contributed by atoms with E-state index in [0.29, 0.717) is 359 Å². The van der Waals surface area contributed by atoms with Gasteiger partial charge in [-0.25, -0.2) is 18.2 Å². The number of aliphatic hydroxyl groups excluding tert-OH is 1. The number of hydrogen-bond acceptors (Lipinski definition) is 34. The van der Waals surface area contributed by atoms with E-state index in [9.17, 15) is 27.9 Å². The van der Waals surface area contributed by atoms with Crippen LogP contribution in [-0.2, 0) is 143 Å². The Balaban J connectivity index is 0.746. The number of rotatable bonds is 86. The number of aliphatic imine (C=N–C) groups is 1. The van der Waals surface area contributed by atoms with E-state index in [1.165, 1.54) is 4.31 Å². The Morgan fingerprint density at radius 2 is 0.777 bits per heavy atom. The minimum Gasteiger partial charge on any atom is -0.460 e. The SMILES string of the molecule is CCCN(CCCNC(=O)OCCOCCOCCOCCOCCOCCOCCOCCOCCOCCOCCOCCOCCOCCOCCOCCOCCOCCOCCOCCOCCOCCOCCOCCOCCC(=O)OC(C)(C)C)C(=O)C1=Cc2ccc(-c3cccc(S(=O)(=O)N4CC(CO)C4)c3)cc2N=C(N)C1. The molecule has 121 heavy (non-hydrogen) atoms. The van der Waals surface area contributed by atoms with Gasteiger partial charge in [-0.1, -0.05) is 31.2 Å². The number of hydrogen-bond donors (Lipinski definition) is 3. The maximum Gasteiger partial charge on any atom is 0.407 e. The molecule has 38 heteroatoms. The van der Waals surface area contributed by atoms with Crippen molar-refractivity contribution in [3.05, 3.63) is 53.6 Å². The number of nitrogens with two attached hydrogens (primary N) is 1. The zero-order chi connectivity index (χ0) is 86.7. The van der Waals surface area contributed by atoms with E-state index in [4.69, 9.17) is 129 Å². The first kappa shape index (κ1) is 108. The van der Waals surface area contributed by atoms with Crippen molar-refractivity contribution < 1.29 is 151 Å². The van der Waals surface area contributed by atoms with Crippen LogP contribution in [0.5, 0.6) is 0 Å². The second kappa shape index (κ2) is 75.0. The predicted octanol–water partition coefficient (Wildman–Crippen LogP) is 4.23. The predicted molar refractivity (Wildman–Crippen MR) is 446 cm³/mol. The maximum atomic E-state index is 13.9. The van der Waals surface area contributed by atoms with Crippen LogP contribution in [0.1, 0.15) is 58.9 Å². The summed E-state index contributed by atoms with van der Waals surface area (Å²) in [7, 11) is -3.71. The highest BCUT2D eigenvalue weighted by Gasteiger charge is 2.36. The smallest absolute Gasteiger partial charge is 0.407 e. The van der Waals surface area contributed by atoms with E-state index in [-0.39, 0.29) is 74.3 Å². The molecule has 4 rings (SSSR count). The fourth-order valence-corrected chi connectivity index (χ4v) is 12.4. The third-order valence-electron chi connectivity index (χ3n) is 16.8. The van der Waals surface area contributed by atoms with Crippen LogP contribution in [0.25, 0.3) is 17.2 Å². The number of alkyl carbamates (subject to hydrolysis) is 1. The number of amidine groups is 1. The molecule has 1 fully saturated rings. The molecule has 0 bridgehead atoms. The summed E-state index contributed by atoms with van der Waals surface area (Å²) in [5.74, 6) is -0.229. The normalized spacial score (nSPS) is 13.3. The van der Waals surface area contributed by atoms with E-state index < -0.39 is 21.7 Å². The van der Waals surface area contributed by atoms with Crippen molar-refractivity contribution in [2.45, 2.75) is 63.9 Å². The van der Waals surface area contributed by atoms with Crippen molar-refractivity contribution in [2.75, 3.05) is 363 Å². The Morgan fingerprint density at radius 3 is 1.10 bits per heavy atom. The molecule has 0 aromatic heterocycles. The van der Waals surface area contributed by atoms with Crippen molar-refractivity contribution in [1.29, 1.82) is 0 Å². The molecule has 2 aliphatic rings. The molecule has 0 saturated carbocycles. The van der Waals surface area contributed by atoms with E-state index in [2.05, 4.69) is 10.3 Å². The molecule has 2 amide bonds. The van der Waals surface area contributed by atoms with Crippen LogP contribution >= 0.6 is 0 Å². The van der Waals surface area contributed by atoms with Crippen LogP contribution in [0.2, 0.25) is 0 Å². The summed E-state index contributed by atoms with van der Waals surface area (Å²) in [5, 5.41) is 12.1. The van der Waals surface area contributed by atoms with Crippen LogP contribution < -0.4 is 11.1 Å². The molecule has 2 aromatic carbocycles. The van der Waals surface area contributed by atoms with Gasteiger partial charge in [0.2, 0.25) is 15.9 Å². The number of fused-ring (bicyclic) bond motifs is 1. The second-order valence-corrected chi connectivity index (χ2v) is 29.8. The lowest BCUT2D eigenvalue weighted by molar-refractivity contribution is -0.156. The standard InChI is InChI=1S/C83H143N5O32S/c1-5-14-87(81(91)76-65-75-11-10-74(67-78(75)86-79(84)68-76)73-8-6-9-77(66-73)121(93,94)88-69-72(70-88)71-89)15-7-13-85-82(92)119-64-63-118-62-61-117-60-59-116-58-57-115-56-55-114-54-53-113-52-51-112-50-49-111-48-47-110-46-45-109-44-43-108-42-41-107-40-39-106-38-37-105-36-35-104-34-33-103-32-31-102-30-29-101-28-27-100-26-25-99-24-23-98-22-21-97-20-19-96-18-17-95-16-12-80(90)120-83(2,3)4/h6,8-11,65-67,72,89H,5,7,12-64,68-71H2,1-4H3,(H2,84,86)(H,85,92). The lowest BCUT2D eigenvalue weighted by Crippen LogP contribution is -2.51.